The highest BCUT2D eigenvalue weighted by molar-refractivity contribution is 6.10. The number of carboxylic acids is 1. The number of fused-ring (bicyclic) bond motifs is 1. The summed E-state index contributed by atoms with van der Waals surface area (Å²) in [6.07, 6.45) is 10.6. The maximum absolute atomic E-state index is 12.4. The minimum absolute atomic E-state index is 0.0207. The van der Waals surface area contributed by atoms with Crippen molar-refractivity contribution in [2.24, 2.45) is 5.41 Å². The van der Waals surface area contributed by atoms with Crippen molar-refractivity contribution in [1.82, 2.24) is 9.88 Å². The molecule has 1 saturated heterocycles. The number of hydrogen-bond donors (Lipinski definition) is 1. The van der Waals surface area contributed by atoms with Gasteiger partial charge in [-0.25, -0.2) is 9.78 Å². The number of Topliss-reactive ketones (excluding diaryl/α,β-unsaturated/α-hetero) is 1. The van der Waals surface area contributed by atoms with Crippen LogP contribution in [-0.4, -0.2) is 39.8 Å². The summed E-state index contributed by atoms with van der Waals surface area (Å²) in [7, 11) is 0. The zero-order chi connectivity index (χ0) is 16.9. The lowest BCUT2D eigenvalue weighted by Crippen LogP contribution is -2.36. The van der Waals surface area contributed by atoms with Gasteiger partial charge in [-0.15, -0.1) is 6.42 Å². The van der Waals surface area contributed by atoms with Crippen molar-refractivity contribution < 1.29 is 14.7 Å². The number of carbonyl (C=O) groups excluding carboxylic acids is 1. The molecule has 1 N–H and O–H groups in total. The van der Waals surface area contributed by atoms with Gasteiger partial charge in [0.15, 0.2) is 5.78 Å². The highest BCUT2D eigenvalue weighted by Crippen LogP contribution is 2.54. The van der Waals surface area contributed by atoms with E-state index in [4.69, 9.17) is 6.42 Å². The first-order valence-corrected chi connectivity index (χ1v) is 8.26. The molecule has 1 aromatic heterocycles. The van der Waals surface area contributed by atoms with Crippen LogP contribution in [0.15, 0.2) is 17.7 Å². The van der Waals surface area contributed by atoms with Gasteiger partial charge in [-0.2, -0.15) is 0 Å². The molecule has 2 heterocycles. The Bertz CT molecular complexity index is 818. The van der Waals surface area contributed by atoms with E-state index in [-0.39, 0.29) is 17.9 Å². The summed E-state index contributed by atoms with van der Waals surface area (Å²) in [4.78, 5) is 30.1. The van der Waals surface area contributed by atoms with E-state index >= 15 is 0 Å². The highest BCUT2D eigenvalue weighted by atomic mass is 16.4. The second-order valence-corrected chi connectivity index (χ2v) is 6.96. The Morgan fingerprint density at radius 2 is 1.96 bits per heavy atom. The van der Waals surface area contributed by atoms with Gasteiger partial charge in [0.2, 0.25) is 0 Å². The lowest BCUT2D eigenvalue weighted by Gasteiger charge is -2.37. The molecule has 0 atom stereocenters. The van der Waals surface area contributed by atoms with Gasteiger partial charge in [0, 0.05) is 19.5 Å². The fourth-order valence-corrected chi connectivity index (χ4v) is 3.80. The van der Waals surface area contributed by atoms with Gasteiger partial charge in [-0.3, -0.25) is 4.79 Å². The first kappa shape index (κ1) is 14.9. The second kappa shape index (κ2) is 5.20. The van der Waals surface area contributed by atoms with E-state index in [1.54, 1.807) is 6.07 Å². The molecule has 1 saturated carbocycles. The molecule has 1 aliphatic heterocycles. The van der Waals surface area contributed by atoms with E-state index in [1.165, 1.54) is 18.9 Å². The molecule has 4 rings (SSSR count). The fraction of sp³-hybridized carbons (Fsp3) is 0.421. The topological polar surface area (TPSA) is 70.5 Å². The molecule has 5 heteroatoms. The molecule has 1 aromatic rings. The standard InChI is InChI=1S/C19H18N2O3/c1-2-13-15(22)11-12-3-4-14(18(23)24)20-16(12)17(13)21-9-7-19(5-6-19)8-10-21/h1,3-4H,5-11H2,(H,23,24). The zero-order valence-electron chi connectivity index (χ0n) is 13.3. The molecule has 0 aromatic carbocycles. The van der Waals surface area contributed by atoms with Crippen LogP contribution < -0.4 is 0 Å². The van der Waals surface area contributed by atoms with Crippen LogP contribution in [0.5, 0.6) is 0 Å². The van der Waals surface area contributed by atoms with Crippen molar-refractivity contribution in [1.29, 1.82) is 0 Å². The molecule has 5 nitrogen and oxygen atoms in total. The lowest BCUT2D eigenvalue weighted by atomic mass is 9.88. The summed E-state index contributed by atoms with van der Waals surface area (Å²) in [6, 6.07) is 3.13. The van der Waals surface area contributed by atoms with Crippen LogP contribution in [0.25, 0.3) is 5.70 Å². The Kier molecular flexibility index (Phi) is 3.24. The largest absolute Gasteiger partial charge is 0.477 e. The van der Waals surface area contributed by atoms with Crippen molar-refractivity contribution in [3.63, 3.8) is 0 Å². The van der Waals surface area contributed by atoms with Gasteiger partial charge < -0.3 is 10.0 Å². The van der Waals surface area contributed by atoms with E-state index in [1.807, 2.05) is 0 Å². The third-order valence-corrected chi connectivity index (χ3v) is 5.53. The van der Waals surface area contributed by atoms with Crippen molar-refractivity contribution in [2.45, 2.75) is 32.1 Å². The average Bonchev–Trinajstić information content (AvgIpc) is 3.33. The molecule has 0 amide bonds. The number of allylic oxidation sites excluding steroid dienone is 1. The van der Waals surface area contributed by atoms with E-state index < -0.39 is 5.97 Å². The number of nitrogens with zero attached hydrogens (tertiary/aromatic N) is 2. The molecule has 0 unspecified atom stereocenters. The molecule has 2 aliphatic carbocycles. The summed E-state index contributed by atoms with van der Waals surface area (Å²) in [5, 5.41) is 9.24. The van der Waals surface area contributed by atoms with Crippen LogP contribution >= 0.6 is 0 Å². The first-order chi connectivity index (χ1) is 11.5. The minimum atomic E-state index is -1.08. The van der Waals surface area contributed by atoms with Gasteiger partial charge in [-0.05, 0) is 42.7 Å². The van der Waals surface area contributed by atoms with Crippen LogP contribution in [0.4, 0.5) is 0 Å². The van der Waals surface area contributed by atoms with Gasteiger partial charge >= 0.3 is 5.97 Å². The average molecular weight is 322 g/mol. The number of pyridine rings is 1. The Morgan fingerprint density at radius 3 is 2.54 bits per heavy atom. The fourth-order valence-electron chi connectivity index (χ4n) is 3.80. The SMILES string of the molecule is C#CC1=C(N2CCC3(CC2)CC3)c2nc(C(=O)O)ccc2CC1=O. The predicted molar refractivity (Wildman–Crippen MR) is 88.1 cm³/mol. The molecular weight excluding hydrogens is 304 g/mol. The van der Waals surface area contributed by atoms with E-state index in [2.05, 4.69) is 15.8 Å². The first-order valence-electron chi connectivity index (χ1n) is 8.26. The van der Waals surface area contributed by atoms with Gasteiger partial charge in [0.25, 0.3) is 0 Å². The van der Waals surface area contributed by atoms with Gasteiger partial charge in [0.05, 0.1) is 17.0 Å². The number of rotatable bonds is 2. The molecule has 0 radical (unpaired) electrons. The Hall–Kier alpha value is -2.61. The van der Waals surface area contributed by atoms with Crippen LogP contribution in [-0.2, 0) is 11.2 Å². The van der Waals surface area contributed by atoms with Crippen LogP contribution in [0.3, 0.4) is 0 Å². The molecule has 0 bridgehead atoms. The third kappa shape index (κ3) is 2.30. The van der Waals surface area contributed by atoms with Crippen LogP contribution in [0, 0.1) is 17.8 Å². The minimum Gasteiger partial charge on any atom is -0.477 e. The highest BCUT2D eigenvalue weighted by Gasteiger charge is 2.45. The van der Waals surface area contributed by atoms with E-state index in [9.17, 15) is 14.7 Å². The Morgan fingerprint density at radius 1 is 1.25 bits per heavy atom. The molecule has 122 valence electrons. The van der Waals surface area contributed by atoms with E-state index in [0.717, 1.165) is 31.5 Å². The quantitative estimate of drug-likeness (QED) is 0.845. The predicted octanol–water partition coefficient (Wildman–Crippen LogP) is 2.13. The maximum atomic E-state index is 12.4. The number of aromatic nitrogens is 1. The summed E-state index contributed by atoms with van der Waals surface area (Å²) >= 11 is 0. The van der Waals surface area contributed by atoms with Crippen LogP contribution in [0.1, 0.15) is 47.4 Å². The number of likely N-dealkylation sites (tertiary alicyclic amines) is 1. The Balaban J connectivity index is 1.79. The van der Waals surface area contributed by atoms with Crippen molar-refractivity contribution in [2.75, 3.05) is 13.1 Å². The molecule has 3 aliphatic rings. The number of terminal acetylenes is 1. The normalized spacial score (nSPS) is 21.5. The lowest BCUT2D eigenvalue weighted by molar-refractivity contribution is -0.114. The third-order valence-electron chi connectivity index (χ3n) is 5.53. The summed E-state index contributed by atoms with van der Waals surface area (Å²) < 4.78 is 0. The second-order valence-electron chi connectivity index (χ2n) is 6.96. The van der Waals surface area contributed by atoms with Gasteiger partial charge in [0.1, 0.15) is 5.69 Å². The summed E-state index contributed by atoms with van der Waals surface area (Å²) in [6.45, 7) is 1.68. The monoisotopic (exact) mass is 322 g/mol. The summed E-state index contributed by atoms with van der Waals surface area (Å²) in [5.74, 6) is 1.36. The van der Waals surface area contributed by atoms with Gasteiger partial charge in [-0.1, -0.05) is 12.0 Å². The molecule has 1 spiro atoms. The number of piperidine rings is 1. The smallest absolute Gasteiger partial charge is 0.354 e. The Labute approximate surface area is 140 Å². The number of aromatic carboxylic acids is 1. The number of ketones is 1. The van der Waals surface area contributed by atoms with Crippen LogP contribution in [0.2, 0.25) is 0 Å². The van der Waals surface area contributed by atoms with E-state index in [0.29, 0.717) is 22.4 Å². The maximum Gasteiger partial charge on any atom is 0.354 e. The van der Waals surface area contributed by atoms with Crippen molar-refractivity contribution in [3.05, 3.63) is 34.7 Å². The summed E-state index contributed by atoms with van der Waals surface area (Å²) in [5.41, 5.74) is 2.80. The van der Waals surface area contributed by atoms with Crippen molar-refractivity contribution >= 4 is 17.4 Å². The number of hydrogen-bond acceptors (Lipinski definition) is 4. The molecular formula is C19H18N2O3. The number of carboxylic acid groups (broad SMARTS) is 1. The molecule has 24 heavy (non-hydrogen) atoms. The molecule has 2 fully saturated rings. The zero-order valence-corrected chi connectivity index (χ0v) is 13.3. The number of carbonyl (C=O) groups is 2. The van der Waals surface area contributed by atoms with Crippen molar-refractivity contribution in [3.8, 4) is 12.3 Å².